The average molecular weight is 137 g/mol. The zero-order valence-electron chi connectivity index (χ0n) is 2.37. The summed E-state index contributed by atoms with van der Waals surface area (Å²) in [5, 5.41) is 21.5. The molecule has 5 heavy (non-hydrogen) atoms. The number of hydrogen-bond acceptors (Lipinski definition) is 3. The third kappa shape index (κ3) is 111. The molecule has 0 aliphatic rings. The molecule has 5 heteroatoms. The van der Waals surface area contributed by atoms with Gasteiger partial charge in [0, 0.05) is 18.0 Å². The molecule has 3 N–H and O–H groups in total. The van der Waals surface area contributed by atoms with Gasteiger partial charge in [-0.05, 0) is 0 Å². The molecule has 0 aliphatic carbocycles. The second kappa shape index (κ2) is 4.50. The Kier molecular flexibility index (Phi) is 8.19. The van der Waals surface area contributed by atoms with Gasteiger partial charge in [0.1, 0.15) is 0 Å². The molecule has 0 fully saturated rings. The Morgan fingerprint density at radius 3 is 1.00 bits per heavy atom. The quantitative estimate of drug-likeness (QED) is 0.325. The van der Waals surface area contributed by atoms with Crippen molar-refractivity contribution in [1.29, 1.82) is 0 Å². The van der Waals surface area contributed by atoms with E-state index < -0.39 is 7.32 Å². The SMILES string of the molecule is OB(O)O.[As]. The van der Waals surface area contributed by atoms with Gasteiger partial charge in [-0.25, -0.2) is 0 Å². The largest absolute Gasteiger partial charge is 0.631 e. The average Bonchev–Trinajstić information content (AvgIpc) is 0.811. The van der Waals surface area contributed by atoms with Crippen LogP contribution in [0.5, 0.6) is 0 Å². The molecular weight excluding hydrogens is 134 g/mol. The van der Waals surface area contributed by atoms with E-state index >= 15 is 0 Å². The van der Waals surface area contributed by atoms with Crippen LogP contribution in [0.1, 0.15) is 0 Å². The Balaban J connectivity index is 0. The fourth-order valence-corrected chi connectivity index (χ4v) is 0. The van der Waals surface area contributed by atoms with Crippen molar-refractivity contribution in [3.63, 3.8) is 0 Å². The summed E-state index contributed by atoms with van der Waals surface area (Å²) in [6, 6.07) is 0. The van der Waals surface area contributed by atoms with Crippen LogP contribution in [0, 0.1) is 0 Å². The molecular formula is H3AsBO3. The zero-order chi connectivity index (χ0) is 3.58. The van der Waals surface area contributed by atoms with Crippen LogP contribution in [-0.4, -0.2) is 40.3 Å². The third-order valence-electron chi connectivity index (χ3n) is 0. The summed E-state index contributed by atoms with van der Waals surface area (Å²) in [7, 11) is -2.17. The molecule has 0 unspecified atom stereocenters. The van der Waals surface area contributed by atoms with E-state index in [9.17, 15) is 0 Å². The first-order valence-electron chi connectivity index (χ1n) is 0.775. The fraction of sp³-hybridized carbons (Fsp3) is 0. The molecule has 0 saturated heterocycles. The first-order valence-corrected chi connectivity index (χ1v) is 0.775. The van der Waals surface area contributed by atoms with E-state index in [1.54, 1.807) is 0 Å². The summed E-state index contributed by atoms with van der Waals surface area (Å²) >= 11 is 0. The van der Waals surface area contributed by atoms with E-state index in [-0.39, 0.29) is 18.0 Å². The predicted molar refractivity (Wildman–Crippen MR) is 18.2 cm³/mol. The van der Waals surface area contributed by atoms with Crippen LogP contribution in [0.15, 0.2) is 0 Å². The zero-order valence-corrected chi connectivity index (χ0v) is 4.24. The second-order valence-corrected chi connectivity index (χ2v) is 0.346. The first kappa shape index (κ1) is 9.09. The Morgan fingerprint density at radius 1 is 1.00 bits per heavy atom. The summed E-state index contributed by atoms with van der Waals surface area (Å²) in [6.07, 6.45) is 0. The van der Waals surface area contributed by atoms with Crippen LogP contribution in [0.2, 0.25) is 0 Å². The van der Waals surface area contributed by atoms with Crippen LogP contribution < -0.4 is 0 Å². The minimum Gasteiger partial charge on any atom is -0.402 e. The molecule has 0 bridgehead atoms. The van der Waals surface area contributed by atoms with E-state index in [0.29, 0.717) is 0 Å². The van der Waals surface area contributed by atoms with Gasteiger partial charge in [0.2, 0.25) is 0 Å². The molecule has 0 spiro atoms. The summed E-state index contributed by atoms with van der Waals surface area (Å²) in [5.41, 5.74) is 0. The molecule has 0 amide bonds. The monoisotopic (exact) mass is 137 g/mol. The normalized spacial score (nSPS) is 5.40. The Bertz CT molecular complexity index is 11.6. The van der Waals surface area contributed by atoms with Crippen LogP contribution in [0.3, 0.4) is 0 Å². The van der Waals surface area contributed by atoms with E-state index in [2.05, 4.69) is 0 Å². The third-order valence-corrected chi connectivity index (χ3v) is 0. The number of rotatable bonds is 0. The Hall–Kier alpha value is 0.503. The maximum Gasteiger partial charge on any atom is 0.631 e. The molecule has 3 radical (unpaired) electrons. The van der Waals surface area contributed by atoms with Crippen molar-refractivity contribution in [2.24, 2.45) is 0 Å². The van der Waals surface area contributed by atoms with Crippen LogP contribution in [0.4, 0.5) is 0 Å². The van der Waals surface area contributed by atoms with Gasteiger partial charge < -0.3 is 15.1 Å². The summed E-state index contributed by atoms with van der Waals surface area (Å²) in [6.45, 7) is 0. The predicted octanol–water partition coefficient (Wildman–Crippen LogP) is -2.43. The topological polar surface area (TPSA) is 60.7 Å². The summed E-state index contributed by atoms with van der Waals surface area (Å²) < 4.78 is 0. The van der Waals surface area contributed by atoms with Gasteiger partial charge in [-0.3, -0.25) is 0 Å². The molecule has 0 rings (SSSR count). The molecule has 0 aliphatic heterocycles. The molecule has 3 nitrogen and oxygen atoms in total. The van der Waals surface area contributed by atoms with Gasteiger partial charge >= 0.3 is 7.32 Å². The van der Waals surface area contributed by atoms with Crippen LogP contribution in [0.25, 0.3) is 0 Å². The Labute approximate surface area is 41.1 Å². The summed E-state index contributed by atoms with van der Waals surface area (Å²) in [4.78, 5) is 0. The van der Waals surface area contributed by atoms with Gasteiger partial charge in [-0.1, -0.05) is 0 Å². The van der Waals surface area contributed by atoms with Crippen LogP contribution >= 0.6 is 0 Å². The second-order valence-electron chi connectivity index (χ2n) is 0.346. The maximum absolute atomic E-state index is 7.17. The van der Waals surface area contributed by atoms with E-state index in [4.69, 9.17) is 15.1 Å². The van der Waals surface area contributed by atoms with Gasteiger partial charge in [-0.2, -0.15) is 0 Å². The molecule has 0 atom stereocenters. The van der Waals surface area contributed by atoms with Crippen molar-refractivity contribution in [3.8, 4) is 0 Å². The van der Waals surface area contributed by atoms with Gasteiger partial charge in [0.25, 0.3) is 0 Å². The van der Waals surface area contributed by atoms with Crippen LogP contribution in [-0.2, 0) is 0 Å². The molecule has 29 valence electrons. The molecule has 0 aromatic carbocycles. The number of hydrogen-bond donors (Lipinski definition) is 3. The fourth-order valence-electron chi connectivity index (χ4n) is 0. The minimum atomic E-state index is -2.17. The minimum absolute atomic E-state index is 0. The molecule has 0 heterocycles. The van der Waals surface area contributed by atoms with Crippen molar-refractivity contribution >= 4 is 25.3 Å². The van der Waals surface area contributed by atoms with Gasteiger partial charge in [0.05, 0.1) is 0 Å². The first-order chi connectivity index (χ1) is 1.73. The Morgan fingerprint density at radius 2 is 1.00 bits per heavy atom. The smallest absolute Gasteiger partial charge is 0.402 e. The van der Waals surface area contributed by atoms with Gasteiger partial charge in [0.15, 0.2) is 0 Å². The van der Waals surface area contributed by atoms with Crippen molar-refractivity contribution in [2.45, 2.75) is 0 Å². The van der Waals surface area contributed by atoms with Crippen molar-refractivity contribution in [2.75, 3.05) is 0 Å². The molecule has 0 saturated carbocycles. The van der Waals surface area contributed by atoms with Crippen molar-refractivity contribution in [3.05, 3.63) is 0 Å². The van der Waals surface area contributed by atoms with Crippen molar-refractivity contribution in [1.82, 2.24) is 0 Å². The summed E-state index contributed by atoms with van der Waals surface area (Å²) in [5.74, 6) is 0. The molecule has 0 aromatic rings. The van der Waals surface area contributed by atoms with E-state index in [1.165, 1.54) is 0 Å². The van der Waals surface area contributed by atoms with Gasteiger partial charge in [-0.15, -0.1) is 0 Å². The molecule has 0 aromatic heterocycles. The van der Waals surface area contributed by atoms with E-state index in [1.807, 2.05) is 0 Å². The van der Waals surface area contributed by atoms with E-state index in [0.717, 1.165) is 0 Å². The maximum atomic E-state index is 7.17. The standard InChI is InChI=1S/As.BH3O3/c;2-1(3)4/h;2-4H. The van der Waals surface area contributed by atoms with Crippen molar-refractivity contribution < 1.29 is 15.1 Å².